The lowest BCUT2D eigenvalue weighted by Crippen LogP contribution is -2.32. The average molecular weight is 367 g/mol. The fourth-order valence-corrected chi connectivity index (χ4v) is 4.12. The van der Waals surface area contributed by atoms with Crippen molar-refractivity contribution in [3.63, 3.8) is 0 Å². The summed E-state index contributed by atoms with van der Waals surface area (Å²) < 4.78 is 0. The normalized spacial score (nSPS) is 14.5. The number of amidine groups is 1. The van der Waals surface area contributed by atoms with Crippen LogP contribution in [0.3, 0.4) is 0 Å². The Hall–Kier alpha value is -0.570. The van der Waals surface area contributed by atoms with Crippen LogP contribution < -0.4 is 0 Å². The van der Waals surface area contributed by atoms with Crippen LogP contribution in [-0.2, 0) is 0 Å². The molecular formula is C23H46N2O. The largest absolute Gasteiger partial charge is 0.395 e. The van der Waals surface area contributed by atoms with Crippen molar-refractivity contribution in [2.75, 3.05) is 26.2 Å². The third-order valence-corrected chi connectivity index (χ3v) is 5.80. The molecule has 0 radical (unpaired) electrons. The van der Waals surface area contributed by atoms with Crippen LogP contribution in [0.4, 0.5) is 0 Å². The molecule has 3 nitrogen and oxygen atoms in total. The first-order chi connectivity index (χ1) is 12.8. The molecule has 0 unspecified atom stereocenters. The van der Waals surface area contributed by atoms with E-state index in [-0.39, 0.29) is 6.61 Å². The van der Waals surface area contributed by atoms with Gasteiger partial charge in [-0.2, -0.15) is 0 Å². The number of unbranched alkanes of at least 4 members (excludes halogenated alkanes) is 10. The molecule has 0 aromatic heterocycles. The molecule has 0 amide bonds. The van der Waals surface area contributed by atoms with E-state index in [1.165, 1.54) is 95.7 Å². The minimum Gasteiger partial charge on any atom is -0.395 e. The average Bonchev–Trinajstić information content (AvgIpc) is 3.07. The summed E-state index contributed by atoms with van der Waals surface area (Å²) >= 11 is 0. The highest BCUT2D eigenvalue weighted by Crippen LogP contribution is 2.24. The van der Waals surface area contributed by atoms with Crippen molar-refractivity contribution in [1.29, 1.82) is 0 Å². The van der Waals surface area contributed by atoms with E-state index in [4.69, 9.17) is 4.99 Å². The zero-order valence-corrected chi connectivity index (χ0v) is 17.9. The summed E-state index contributed by atoms with van der Waals surface area (Å²) in [5.41, 5.74) is 0. The molecule has 0 saturated carbocycles. The van der Waals surface area contributed by atoms with Crippen molar-refractivity contribution in [2.45, 2.75) is 110 Å². The lowest BCUT2D eigenvalue weighted by molar-refractivity contribution is 0.253. The number of hydrogen-bond acceptors (Lipinski definition) is 3. The number of aliphatic hydroxyl groups excluding tert-OH is 1. The van der Waals surface area contributed by atoms with E-state index in [2.05, 4.69) is 18.7 Å². The van der Waals surface area contributed by atoms with Crippen LogP contribution in [0.1, 0.15) is 110 Å². The van der Waals surface area contributed by atoms with Gasteiger partial charge in [0.05, 0.1) is 19.0 Å². The fraction of sp³-hybridized carbons (Fsp3) is 0.957. The first kappa shape index (κ1) is 23.5. The maximum absolute atomic E-state index is 9.27. The first-order valence-electron chi connectivity index (χ1n) is 11.7. The smallest absolute Gasteiger partial charge is 0.0993 e. The van der Waals surface area contributed by atoms with Gasteiger partial charge in [-0.3, -0.25) is 4.99 Å². The molecule has 1 rings (SSSR count). The van der Waals surface area contributed by atoms with Gasteiger partial charge < -0.3 is 10.0 Å². The van der Waals surface area contributed by atoms with Gasteiger partial charge in [-0.15, -0.1) is 0 Å². The molecule has 1 heterocycles. The Bertz CT molecular complexity index is 327. The standard InChI is InChI=1S/C23H46N2O/c1-3-5-7-9-11-13-15-22(16-14-12-10-8-6-4-2)21-23-24-17-18-25(23)19-20-26/h22,26H,3-21H2,1-2H3. The molecule has 0 aromatic carbocycles. The molecule has 26 heavy (non-hydrogen) atoms. The molecule has 154 valence electrons. The summed E-state index contributed by atoms with van der Waals surface area (Å²) in [4.78, 5) is 7.06. The van der Waals surface area contributed by atoms with Gasteiger partial charge in [0.2, 0.25) is 0 Å². The summed E-state index contributed by atoms with van der Waals surface area (Å²) in [6.45, 7) is 7.53. The molecule has 1 aliphatic rings. The van der Waals surface area contributed by atoms with Gasteiger partial charge in [-0.1, -0.05) is 104 Å². The molecular weight excluding hydrogens is 320 g/mol. The second-order valence-corrected chi connectivity index (χ2v) is 8.19. The van der Waals surface area contributed by atoms with Crippen LogP contribution in [0, 0.1) is 5.92 Å². The first-order valence-corrected chi connectivity index (χ1v) is 11.7. The number of aliphatic imine (C=N–C) groups is 1. The van der Waals surface area contributed by atoms with Crippen LogP contribution in [0.25, 0.3) is 0 Å². The van der Waals surface area contributed by atoms with Gasteiger partial charge in [0.15, 0.2) is 0 Å². The van der Waals surface area contributed by atoms with Crippen LogP contribution in [0.5, 0.6) is 0 Å². The molecule has 0 atom stereocenters. The number of aliphatic hydroxyl groups is 1. The Labute approximate surface area is 163 Å². The van der Waals surface area contributed by atoms with Crippen molar-refractivity contribution in [2.24, 2.45) is 10.9 Å². The minimum atomic E-state index is 0.249. The highest BCUT2D eigenvalue weighted by Gasteiger charge is 2.20. The number of β-amino-alcohol motifs (C(OH)–C–C–N with tert-alkyl or cyclic N) is 1. The van der Waals surface area contributed by atoms with E-state index < -0.39 is 0 Å². The van der Waals surface area contributed by atoms with Gasteiger partial charge in [0.1, 0.15) is 0 Å². The number of hydrogen-bond donors (Lipinski definition) is 1. The van der Waals surface area contributed by atoms with Crippen LogP contribution in [0.15, 0.2) is 4.99 Å². The Balaban J connectivity index is 2.32. The van der Waals surface area contributed by atoms with E-state index in [0.717, 1.165) is 32.0 Å². The minimum absolute atomic E-state index is 0.249. The van der Waals surface area contributed by atoms with E-state index in [1.54, 1.807) is 0 Å². The number of nitrogens with zero attached hydrogens (tertiary/aromatic N) is 2. The van der Waals surface area contributed by atoms with Crippen molar-refractivity contribution < 1.29 is 5.11 Å². The molecule has 0 aliphatic carbocycles. The maximum atomic E-state index is 9.27. The SMILES string of the molecule is CCCCCCCCC(CCCCCCCC)CC1=NCCN1CCO. The van der Waals surface area contributed by atoms with Crippen molar-refractivity contribution in [3.8, 4) is 0 Å². The van der Waals surface area contributed by atoms with E-state index >= 15 is 0 Å². The molecule has 0 bridgehead atoms. The highest BCUT2D eigenvalue weighted by atomic mass is 16.3. The van der Waals surface area contributed by atoms with Gasteiger partial charge in [-0.25, -0.2) is 0 Å². The van der Waals surface area contributed by atoms with Crippen molar-refractivity contribution >= 4 is 5.84 Å². The van der Waals surface area contributed by atoms with Gasteiger partial charge in [-0.05, 0) is 5.92 Å². The Morgan fingerprint density at radius 1 is 0.846 bits per heavy atom. The second-order valence-electron chi connectivity index (χ2n) is 8.19. The molecule has 0 spiro atoms. The molecule has 0 aromatic rings. The monoisotopic (exact) mass is 366 g/mol. The maximum Gasteiger partial charge on any atom is 0.0993 e. The highest BCUT2D eigenvalue weighted by molar-refractivity contribution is 5.83. The summed E-state index contributed by atoms with van der Waals surface area (Å²) in [6.07, 6.45) is 20.6. The van der Waals surface area contributed by atoms with Crippen molar-refractivity contribution in [1.82, 2.24) is 4.90 Å². The third-order valence-electron chi connectivity index (χ3n) is 5.80. The summed E-state index contributed by atoms with van der Waals surface area (Å²) in [5.74, 6) is 2.08. The van der Waals surface area contributed by atoms with Gasteiger partial charge >= 0.3 is 0 Å². The van der Waals surface area contributed by atoms with Crippen LogP contribution in [-0.4, -0.2) is 42.1 Å². The van der Waals surface area contributed by atoms with Crippen LogP contribution in [0.2, 0.25) is 0 Å². The zero-order chi connectivity index (χ0) is 18.9. The molecule has 1 N–H and O–H groups in total. The lowest BCUT2D eigenvalue weighted by Gasteiger charge is -2.23. The predicted octanol–water partition coefficient (Wildman–Crippen LogP) is 6.20. The Morgan fingerprint density at radius 3 is 1.92 bits per heavy atom. The quantitative estimate of drug-likeness (QED) is 0.293. The molecule has 1 aliphatic heterocycles. The number of rotatable bonds is 18. The van der Waals surface area contributed by atoms with Crippen LogP contribution >= 0.6 is 0 Å². The topological polar surface area (TPSA) is 35.8 Å². The van der Waals surface area contributed by atoms with Gasteiger partial charge in [0.25, 0.3) is 0 Å². The third kappa shape index (κ3) is 11.2. The Morgan fingerprint density at radius 2 is 1.38 bits per heavy atom. The molecule has 0 saturated heterocycles. The molecule has 3 heteroatoms. The fourth-order valence-electron chi connectivity index (χ4n) is 4.12. The summed E-state index contributed by atoms with van der Waals surface area (Å²) in [5, 5.41) is 9.27. The van der Waals surface area contributed by atoms with Crippen molar-refractivity contribution in [3.05, 3.63) is 0 Å². The zero-order valence-electron chi connectivity index (χ0n) is 17.9. The second kappa shape index (κ2) is 16.6. The summed E-state index contributed by atoms with van der Waals surface area (Å²) in [6, 6.07) is 0. The van der Waals surface area contributed by atoms with E-state index in [1.807, 2.05) is 0 Å². The van der Waals surface area contributed by atoms with E-state index in [9.17, 15) is 5.11 Å². The van der Waals surface area contributed by atoms with E-state index in [0.29, 0.717) is 0 Å². The Kier molecular flexibility index (Phi) is 15.0. The predicted molar refractivity (Wildman–Crippen MR) is 115 cm³/mol. The van der Waals surface area contributed by atoms with Gasteiger partial charge in [0, 0.05) is 19.5 Å². The molecule has 0 fully saturated rings. The summed E-state index contributed by atoms with van der Waals surface area (Å²) in [7, 11) is 0. The lowest BCUT2D eigenvalue weighted by atomic mass is 9.91.